The van der Waals surface area contributed by atoms with E-state index < -0.39 is 5.97 Å². The maximum absolute atomic E-state index is 15.1. The number of carbonyl (C=O) groups is 1. The highest BCUT2D eigenvalue weighted by molar-refractivity contribution is 7.99. The van der Waals surface area contributed by atoms with E-state index in [4.69, 9.17) is 11.6 Å². The fraction of sp³-hybridized carbons (Fsp3) is 0.208. The smallest absolute Gasteiger partial charge is 0.307 e. The first-order valence-electron chi connectivity index (χ1n) is 9.56. The molecule has 0 fully saturated rings. The Bertz CT molecular complexity index is 1160. The molecule has 30 heavy (non-hydrogen) atoms. The zero-order chi connectivity index (χ0) is 21.6. The third-order valence-electron chi connectivity index (χ3n) is 5.69. The second-order valence-corrected chi connectivity index (χ2v) is 8.64. The first-order chi connectivity index (χ1) is 14.3. The van der Waals surface area contributed by atoms with E-state index in [0.29, 0.717) is 17.1 Å². The van der Waals surface area contributed by atoms with Gasteiger partial charge in [-0.1, -0.05) is 47.8 Å². The van der Waals surface area contributed by atoms with E-state index in [1.54, 1.807) is 30.1 Å². The molecule has 3 aromatic rings. The van der Waals surface area contributed by atoms with Crippen molar-refractivity contribution < 1.29 is 14.3 Å². The van der Waals surface area contributed by atoms with Crippen molar-refractivity contribution in [1.29, 1.82) is 0 Å². The van der Waals surface area contributed by atoms with Crippen molar-refractivity contribution in [3.63, 3.8) is 0 Å². The largest absolute Gasteiger partial charge is 0.481 e. The molecule has 6 heteroatoms. The SMILES string of the molecule is CSN1Cc2cccc(F)c2-c2c(C)c(-c3ccc(Cl)cc3)c(CC(=O)O)c(C)c21. The normalized spacial score (nSPS) is 12.5. The van der Waals surface area contributed by atoms with Crippen molar-refractivity contribution in [3.8, 4) is 22.3 Å². The Hall–Kier alpha value is -2.50. The number of hydrogen-bond acceptors (Lipinski definition) is 3. The van der Waals surface area contributed by atoms with E-state index in [0.717, 1.165) is 44.6 Å². The summed E-state index contributed by atoms with van der Waals surface area (Å²) in [5, 5.41) is 10.2. The minimum atomic E-state index is -0.897. The average Bonchev–Trinajstić information content (AvgIpc) is 2.71. The maximum Gasteiger partial charge on any atom is 0.307 e. The number of carboxylic acid groups (broad SMARTS) is 1. The van der Waals surface area contributed by atoms with Gasteiger partial charge >= 0.3 is 5.97 Å². The number of benzene rings is 3. The molecule has 0 aliphatic carbocycles. The minimum absolute atomic E-state index is 0.107. The molecule has 154 valence electrons. The lowest BCUT2D eigenvalue weighted by molar-refractivity contribution is -0.136. The molecule has 0 unspecified atom stereocenters. The molecule has 1 heterocycles. The number of hydrogen-bond donors (Lipinski definition) is 1. The fourth-order valence-corrected chi connectivity index (χ4v) is 5.22. The van der Waals surface area contributed by atoms with Crippen LogP contribution in [-0.4, -0.2) is 17.3 Å². The zero-order valence-corrected chi connectivity index (χ0v) is 18.5. The molecule has 1 N–H and O–H groups in total. The quantitative estimate of drug-likeness (QED) is 0.460. The number of nitrogens with zero attached hydrogens (tertiary/aromatic N) is 1. The highest BCUT2D eigenvalue weighted by Gasteiger charge is 2.31. The lowest BCUT2D eigenvalue weighted by atomic mass is 9.81. The van der Waals surface area contributed by atoms with Gasteiger partial charge in [0.15, 0.2) is 0 Å². The topological polar surface area (TPSA) is 40.5 Å². The summed E-state index contributed by atoms with van der Waals surface area (Å²) in [7, 11) is 0. The Morgan fingerprint density at radius 1 is 1.10 bits per heavy atom. The maximum atomic E-state index is 15.1. The number of anilines is 1. The van der Waals surface area contributed by atoms with Crippen molar-refractivity contribution in [2.45, 2.75) is 26.8 Å². The summed E-state index contributed by atoms with van der Waals surface area (Å²) in [4.78, 5) is 11.7. The molecular formula is C24H21ClFNO2S. The summed E-state index contributed by atoms with van der Waals surface area (Å²) >= 11 is 7.64. The van der Waals surface area contributed by atoms with E-state index in [1.165, 1.54) is 6.07 Å². The van der Waals surface area contributed by atoms with E-state index in [1.807, 2.05) is 38.3 Å². The first kappa shape index (κ1) is 20.8. The van der Waals surface area contributed by atoms with Crippen molar-refractivity contribution >= 4 is 35.2 Å². The predicted molar refractivity (Wildman–Crippen MR) is 123 cm³/mol. The second-order valence-electron chi connectivity index (χ2n) is 7.40. The molecule has 0 bridgehead atoms. The van der Waals surface area contributed by atoms with Crippen LogP contribution in [0.5, 0.6) is 0 Å². The number of halogens is 2. The van der Waals surface area contributed by atoms with Crippen molar-refractivity contribution in [3.05, 3.63) is 75.6 Å². The van der Waals surface area contributed by atoms with Crippen LogP contribution in [0.3, 0.4) is 0 Å². The van der Waals surface area contributed by atoms with E-state index >= 15 is 4.39 Å². The van der Waals surface area contributed by atoms with Gasteiger partial charge in [0.1, 0.15) is 5.82 Å². The third-order valence-corrected chi connectivity index (χ3v) is 6.70. The van der Waals surface area contributed by atoms with Gasteiger partial charge in [0.25, 0.3) is 0 Å². The standard InChI is InChI=1S/C24H21ClFNO2S/c1-13-18(11-20(28)29)21(15-7-9-17(25)10-8-15)14(2)22-23-16(5-4-6-19(23)26)12-27(30-3)24(13)22/h4-10H,11-12H2,1-3H3,(H,28,29). The molecule has 0 aromatic heterocycles. The molecule has 1 aliphatic rings. The molecule has 3 nitrogen and oxygen atoms in total. The molecule has 0 saturated heterocycles. The molecule has 0 amide bonds. The highest BCUT2D eigenvalue weighted by Crippen LogP contribution is 2.50. The van der Waals surface area contributed by atoms with Gasteiger partial charge in [-0.15, -0.1) is 0 Å². The minimum Gasteiger partial charge on any atom is -0.481 e. The lowest BCUT2D eigenvalue weighted by Crippen LogP contribution is -2.23. The average molecular weight is 442 g/mol. The van der Waals surface area contributed by atoms with Crippen LogP contribution in [0.1, 0.15) is 22.3 Å². The Labute approximate surface area is 184 Å². The summed E-state index contributed by atoms with van der Waals surface area (Å²) in [6, 6.07) is 12.5. The van der Waals surface area contributed by atoms with Gasteiger partial charge in [-0.2, -0.15) is 0 Å². The van der Waals surface area contributed by atoms with Gasteiger partial charge in [-0.05, 0) is 65.4 Å². The third kappa shape index (κ3) is 3.36. The highest BCUT2D eigenvalue weighted by atomic mass is 35.5. The molecule has 0 spiro atoms. The van der Waals surface area contributed by atoms with Crippen LogP contribution in [0.25, 0.3) is 22.3 Å². The summed E-state index contributed by atoms with van der Waals surface area (Å²) in [6.45, 7) is 4.45. The van der Waals surface area contributed by atoms with Gasteiger partial charge in [-0.3, -0.25) is 4.79 Å². The number of aliphatic carboxylic acids is 1. The Kier molecular flexibility index (Phi) is 5.51. The van der Waals surface area contributed by atoms with E-state index in [2.05, 4.69) is 4.31 Å². The van der Waals surface area contributed by atoms with Gasteiger partial charge in [-0.25, -0.2) is 4.39 Å². The number of fused-ring (bicyclic) bond motifs is 3. The van der Waals surface area contributed by atoms with Gasteiger partial charge in [0.05, 0.1) is 18.7 Å². The molecular weight excluding hydrogens is 421 g/mol. The zero-order valence-electron chi connectivity index (χ0n) is 16.9. The molecule has 1 aliphatic heterocycles. The van der Waals surface area contributed by atoms with Crippen molar-refractivity contribution in [2.75, 3.05) is 10.6 Å². The number of rotatable bonds is 4. The lowest BCUT2D eigenvalue weighted by Gasteiger charge is -2.35. The van der Waals surface area contributed by atoms with E-state index in [-0.39, 0.29) is 12.2 Å². The van der Waals surface area contributed by atoms with Crippen LogP contribution in [0, 0.1) is 19.7 Å². The molecule has 4 rings (SSSR count). The van der Waals surface area contributed by atoms with Crippen molar-refractivity contribution in [2.24, 2.45) is 0 Å². The predicted octanol–water partition coefficient (Wildman–Crippen LogP) is 6.66. The van der Waals surface area contributed by atoms with Gasteiger partial charge in [0.2, 0.25) is 0 Å². The van der Waals surface area contributed by atoms with Gasteiger partial charge in [0, 0.05) is 22.4 Å². The van der Waals surface area contributed by atoms with Crippen LogP contribution in [0.15, 0.2) is 42.5 Å². The number of carboxylic acids is 1. The Balaban J connectivity index is 2.14. The van der Waals surface area contributed by atoms with Crippen LogP contribution < -0.4 is 4.31 Å². The molecule has 0 saturated carbocycles. The van der Waals surface area contributed by atoms with Gasteiger partial charge < -0.3 is 9.41 Å². The monoisotopic (exact) mass is 441 g/mol. The second kappa shape index (κ2) is 7.97. The Morgan fingerprint density at radius 3 is 2.43 bits per heavy atom. The molecule has 3 aromatic carbocycles. The van der Waals surface area contributed by atoms with Crippen LogP contribution >= 0.6 is 23.5 Å². The fourth-order valence-electron chi connectivity index (χ4n) is 4.41. The summed E-state index contributed by atoms with van der Waals surface area (Å²) in [5.74, 6) is -1.16. The molecule has 0 atom stereocenters. The first-order valence-corrected chi connectivity index (χ1v) is 11.1. The summed E-state index contributed by atoms with van der Waals surface area (Å²) < 4.78 is 17.2. The van der Waals surface area contributed by atoms with E-state index in [9.17, 15) is 9.90 Å². The Morgan fingerprint density at radius 2 is 1.80 bits per heavy atom. The summed E-state index contributed by atoms with van der Waals surface area (Å²) in [6.07, 6.45) is 1.87. The van der Waals surface area contributed by atoms with Crippen LogP contribution in [0.2, 0.25) is 5.02 Å². The van der Waals surface area contributed by atoms with Crippen LogP contribution in [-0.2, 0) is 17.8 Å². The molecule has 0 radical (unpaired) electrons. The van der Waals surface area contributed by atoms with Crippen molar-refractivity contribution in [1.82, 2.24) is 0 Å². The summed E-state index contributed by atoms with van der Waals surface area (Å²) in [5.41, 5.74) is 7.46. The van der Waals surface area contributed by atoms with Crippen LogP contribution in [0.4, 0.5) is 10.1 Å².